The van der Waals surface area contributed by atoms with Crippen molar-refractivity contribution >= 4 is 17.8 Å². The van der Waals surface area contributed by atoms with Gasteiger partial charge < -0.3 is 15.1 Å². The van der Waals surface area contributed by atoms with Crippen molar-refractivity contribution in [3.8, 4) is 0 Å². The van der Waals surface area contributed by atoms with Crippen LogP contribution in [-0.2, 0) is 16.1 Å². The molecule has 1 aliphatic heterocycles. The van der Waals surface area contributed by atoms with Gasteiger partial charge in [-0.2, -0.15) is 0 Å². The molecule has 1 saturated heterocycles. The average Bonchev–Trinajstić information content (AvgIpc) is 3.32. The van der Waals surface area contributed by atoms with Crippen LogP contribution in [0.5, 0.6) is 0 Å². The zero-order valence-corrected chi connectivity index (χ0v) is 15.5. The summed E-state index contributed by atoms with van der Waals surface area (Å²) in [6, 6.07) is 2.92. The minimum absolute atomic E-state index is 0.0386. The first kappa shape index (κ1) is 19.4. The van der Waals surface area contributed by atoms with Gasteiger partial charge in [-0.1, -0.05) is 19.3 Å². The number of furan rings is 1. The molecule has 27 heavy (non-hydrogen) atoms. The van der Waals surface area contributed by atoms with E-state index in [4.69, 9.17) is 4.42 Å². The SMILES string of the molecule is O=C(CN1CCC[C@@H]1C(=O)NCc1ccco1)NC(=O)NC1CCCCC1. The lowest BCUT2D eigenvalue weighted by Crippen LogP contribution is -2.50. The predicted molar refractivity (Wildman–Crippen MR) is 98.7 cm³/mol. The Labute approximate surface area is 159 Å². The summed E-state index contributed by atoms with van der Waals surface area (Å²) in [5, 5.41) is 8.10. The molecule has 148 valence electrons. The van der Waals surface area contributed by atoms with Crippen LogP contribution in [-0.4, -0.2) is 47.9 Å². The number of likely N-dealkylation sites (tertiary alicyclic amines) is 1. The maximum absolute atomic E-state index is 12.4. The van der Waals surface area contributed by atoms with Crippen LogP contribution in [0.2, 0.25) is 0 Å². The molecule has 1 atom stereocenters. The molecule has 8 nitrogen and oxygen atoms in total. The molecule has 8 heteroatoms. The van der Waals surface area contributed by atoms with Gasteiger partial charge in [-0.3, -0.25) is 19.8 Å². The minimum atomic E-state index is -0.440. The first-order valence-electron chi connectivity index (χ1n) is 9.76. The van der Waals surface area contributed by atoms with Gasteiger partial charge in [0.2, 0.25) is 11.8 Å². The second-order valence-electron chi connectivity index (χ2n) is 7.28. The number of carbonyl (C=O) groups excluding carboxylic acids is 3. The van der Waals surface area contributed by atoms with Crippen LogP contribution in [0.3, 0.4) is 0 Å². The van der Waals surface area contributed by atoms with Crippen LogP contribution in [0.15, 0.2) is 22.8 Å². The number of nitrogens with zero attached hydrogens (tertiary/aromatic N) is 1. The summed E-state index contributed by atoms with van der Waals surface area (Å²) >= 11 is 0. The zero-order valence-electron chi connectivity index (χ0n) is 15.5. The van der Waals surface area contributed by atoms with Gasteiger partial charge in [0.15, 0.2) is 0 Å². The van der Waals surface area contributed by atoms with Gasteiger partial charge in [-0.15, -0.1) is 0 Å². The predicted octanol–water partition coefficient (Wildman–Crippen LogP) is 1.52. The quantitative estimate of drug-likeness (QED) is 0.698. The van der Waals surface area contributed by atoms with Crippen molar-refractivity contribution in [2.24, 2.45) is 0 Å². The highest BCUT2D eigenvalue weighted by molar-refractivity contribution is 5.95. The number of hydrogen-bond donors (Lipinski definition) is 3. The van der Waals surface area contributed by atoms with E-state index in [-0.39, 0.29) is 30.4 Å². The molecule has 0 aromatic carbocycles. The van der Waals surface area contributed by atoms with Gasteiger partial charge in [0.1, 0.15) is 5.76 Å². The highest BCUT2D eigenvalue weighted by atomic mass is 16.3. The van der Waals surface area contributed by atoms with Gasteiger partial charge in [0, 0.05) is 6.04 Å². The molecule has 0 radical (unpaired) electrons. The van der Waals surface area contributed by atoms with E-state index in [0.717, 1.165) is 32.1 Å². The molecular formula is C19H28N4O4. The molecule has 1 aliphatic carbocycles. The Morgan fingerprint density at radius 1 is 1.11 bits per heavy atom. The maximum atomic E-state index is 12.4. The molecule has 4 amide bonds. The van der Waals surface area contributed by atoms with Crippen molar-refractivity contribution in [3.05, 3.63) is 24.2 Å². The Morgan fingerprint density at radius 2 is 1.93 bits per heavy atom. The summed E-state index contributed by atoms with van der Waals surface area (Å²) in [4.78, 5) is 38.4. The molecule has 3 N–H and O–H groups in total. The van der Waals surface area contributed by atoms with E-state index < -0.39 is 6.03 Å². The molecular weight excluding hydrogens is 348 g/mol. The second-order valence-corrected chi connectivity index (χ2v) is 7.28. The van der Waals surface area contributed by atoms with E-state index in [9.17, 15) is 14.4 Å². The van der Waals surface area contributed by atoms with Crippen molar-refractivity contribution in [2.45, 2.75) is 63.6 Å². The smallest absolute Gasteiger partial charge is 0.321 e. The Hall–Kier alpha value is -2.35. The second kappa shape index (κ2) is 9.55. The molecule has 2 heterocycles. The number of imide groups is 1. The molecule has 2 aliphatic rings. The fourth-order valence-corrected chi connectivity index (χ4v) is 3.84. The lowest BCUT2D eigenvalue weighted by atomic mass is 9.96. The standard InChI is InChI=1S/C19H28N4O4/c24-17(22-19(26)21-14-6-2-1-3-7-14)13-23-10-4-9-16(23)18(25)20-12-15-8-5-11-27-15/h5,8,11,14,16H,1-4,6-7,9-10,12-13H2,(H,20,25)(H2,21,22,24,26)/t16-/m1/s1. The third-order valence-electron chi connectivity index (χ3n) is 5.22. The van der Waals surface area contributed by atoms with Gasteiger partial charge in [-0.25, -0.2) is 4.79 Å². The van der Waals surface area contributed by atoms with Crippen LogP contribution in [0.1, 0.15) is 50.7 Å². The van der Waals surface area contributed by atoms with Crippen LogP contribution >= 0.6 is 0 Å². The monoisotopic (exact) mass is 376 g/mol. The first-order chi connectivity index (χ1) is 13.1. The van der Waals surface area contributed by atoms with Crippen molar-refractivity contribution in [1.82, 2.24) is 20.9 Å². The molecule has 0 bridgehead atoms. The van der Waals surface area contributed by atoms with Crippen molar-refractivity contribution in [3.63, 3.8) is 0 Å². The Kier molecular flexibility index (Phi) is 6.86. The summed E-state index contributed by atoms with van der Waals surface area (Å²) in [6.45, 7) is 1.03. The molecule has 1 aromatic rings. The maximum Gasteiger partial charge on any atom is 0.321 e. The summed E-state index contributed by atoms with van der Waals surface area (Å²) in [6.07, 6.45) is 8.47. The van der Waals surface area contributed by atoms with E-state index in [1.54, 1.807) is 18.4 Å². The van der Waals surface area contributed by atoms with E-state index in [1.165, 1.54) is 6.42 Å². The summed E-state index contributed by atoms with van der Waals surface area (Å²) in [5.41, 5.74) is 0. The molecule has 3 rings (SSSR count). The molecule has 0 unspecified atom stereocenters. The lowest BCUT2D eigenvalue weighted by molar-refractivity contribution is -0.127. The van der Waals surface area contributed by atoms with Crippen LogP contribution in [0, 0.1) is 0 Å². The van der Waals surface area contributed by atoms with E-state index in [2.05, 4.69) is 16.0 Å². The number of hydrogen-bond acceptors (Lipinski definition) is 5. The van der Waals surface area contributed by atoms with Gasteiger partial charge >= 0.3 is 6.03 Å². The van der Waals surface area contributed by atoms with E-state index in [0.29, 0.717) is 25.3 Å². The Balaban J connectivity index is 1.41. The number of carbonyl (C=O) groups is 3. The molecule has 1 saturated carbocycles. The van der Waals surface area contributed by atoms with Crippen LogP contribution < -0.4 is 16.0 Å². The van der Waals surface area contributed by atoms with Crippen LogP contribution in [0.25, 0.3) is 0 Å². The number of nitrogens with one attached hydrogen (secondary N) is 3. The fraction of sp³-hybridized carbons (Fsp3) is 0.632. The molecule has 2 fully saturated rings. The zero-order chi connectivity index (χ0) is 19.1. The topological polar surface area (TPSA) is 104 Å². The van der Waals surface area contributed by atoms with Gasteiger partial charge in [0.25, 0.3) is 0 Å². The first-order valence-corrected chi connectivity index (χ1v) is 9.76. The minimum Gasteiger partial charge on any atom is -0.467 e. The lowest BCUT2D eigenvalue weighted by Gasteiger charge is -2.24. The molecule has 1 aromatic heterocycles. The average molecular weight is 376 g/mol. The summed E-state index contributed by atoms with van der Waals surface area (Å²) in [7, 11) is 0. The highest BCUT2D eigenvalue weighted by Gasteiger charge is 2.32. The van der Waals surface area contributed by atoms with E-state index >= 15 is 0 Å². The van der Waals surface area contributed by atoms with Crippen molar-refractivity contribution < 1.29 is 18.8 Å². The number of urea groups is 1. The molecule has 0 spiro atoms. The fourth-order valence-electron chi connectivity index (χ4n) is 3.84. The Morgan fingerprint density at radius 3 is 2.67 bits per heavy atom. The normalized spacial score (nSPS) is 21.0. The van der Waals surface area contributed by atoms with Crippen molar-refractivity contribution in [2.75, 3.05) is 13.1 Å². The summed E-state index contributed by atoms with van der Waals surface area (Å²) in [5.74, 6) is 0.183. The Bertz CT molecular complexity index is 640. The highest BCUT2D eigenvalue weighted by Crippen LogP contribution is 2.18. The van der Waals surface area contributed by atoms with Gasteiger partial charge in [0.05, 0.1) is 25.4 Å². The van der Waals surface area contributed by atoms with E-state index in [1.807, 2.05) is 4.90 Å². The number of rotatable bonds is 6. The summed E-state index contributed by atoms with van der Waals surface area (Å²) < 4.78 is 5.21. The number of amides is 4. The third kappa shape index (κ3) is 5.82. The van der Waals surface area contributed by atoms with Gasteiger partial charge in [-0.05, 0) is 44.4 Å². The third-order valence-corrected chi connectivity index (χ3v) is 5.22. The largest absolute Gasteiger partial charge is 0.467 e. The van der Waals surface area contributed by atoms with Crippen LogP contribution in [0.4, 0.5) is 4.79 Å². The van der Waals surface area contributed by atoms with Crippen molar-refractivity contribution in [1.29, 1.82) is 0 Å².